The first-order valence-electron chi connectivity index (χ1n) is 6.40. The Bertz CT molecular complexity index is 580. The minimum atomic E-state index is -0.195. The fourth-order valence-corrected chi connectivity index (χ4v) is 2.37. The minimum absolute atomic E-state index is 0.195. The molecule has 0 unspecified atom stereocenters. The van der Waals surface area contributed by atoms with Crippen LogP contribution in [0.25, 0.3) is 0 Å². The molecule has 2 aromatic rings. The highest BCUT2D eigenvalue weighted by Crippen LogP contribution is 2.26. The van der Waals surface area contributed by atoms with Gasteiger partial charge in [-0.3, -0.25) is 4.90 Å². The van der Waals surface area contributed by atoms with Gasteiger partial charge in [0, 0.05) is 18.7 Å². The molecule has 0 bridgehead atoms. The SMILES string of the molecule is Cc1ccc2c(c1)CN(Cc1ccc(F)cc1)CO2. The van der Waals surface area contributed by atoms with E-state index >= 15 is 0 Å². The largest absolute Gasteiger partial charge is 0.478 e. The quantitative estimate of drug-likeness (QED) is 0.816. The van der Waals surface area contributed by atoms with Crippen LogP contribution >= 0.6 is 0 Å². The fraction of sp³-hybridized carbons (Fsp3) is 0.250. The van der Waals surface area contributed by atoms with Crippen molar-refractivity contribution in [2.75, 3.05) is 6.73 Å². The summed E-state index contributed by atoms with van der Waals surface area (Å²) in [6.07, 6.45) is 0. The maximum absolute atomic E-state index is 12.9. The van der Waals surface area contributed by atoms with E-state index in [1.54, 1.807) is 0 Å². The number of nitrogens with zero attached hydrogens (tertiary/aromatic N) is 1. The number of benzene rings is 2. The van der Waals surface area contributed by atoms with Crippen molar-refractivity contribution in [3.05, 3.63) is 65.0 Å². The Morgan fingerprint density at radius 3 is 2.74 bits per heavy atom. The molecule has 0 saturated carbocycles. The van der Waals surface area contributed by atoms with E-state index in [0.717, 1.165) is 24.4 Å². The zero-order valence-electron chi connectivity index (χ0n) is 10.9. The lowest BCUT2D eigenvalue weighted by Gasteiger charge is -2.29. The summed E-state index contributed by atoms with van der Waals surface area (Å²) < 4.78 is 18.6. The highest BCUT2D eigenvalue weighted by atomic mass is 19.1. The molecule has 19 heavy (non-hydrogen) atoms. The number of fused-ring (bicyclic) bond motifs is 1. The van der Waals surface area contributed by atoms with Crippen LogP contribution < -0.4 is 4.74 Å². The van der Waals surface area contributed by atoms with Crippen molar-refractivity contribution in [3.8, 4) is 5.75 Å². The van der Waals surface area contributed by atoms with E-state index in [1.807, 2.05) is 18.2 Å². The second-order valence-corrected chi connectivity index (χ2v) is 5.00. The van der Waals surface area contributed by atoms with Gasteiger partial charge in [-0.1, -0.05) is 29.8 Å². The molecule has 0 amide bonds. The van der Waals surface area contributed by atoms with Gasteiger partial charge >= 0.3 is 0 Å². The summed E-state index contributed by atoms with van der Waals surface area (Å²) in [5.41, 5.74) is 3.56. The topological polar surface area (TPSA) is 12.5 Å². The van der Waals surface area contributed by atoms with Crippen LogP contribution in [0.1, 0.15) is 16.7 Å². The second kappa shape index (κ2) is 5.02. The average molecular weight is 257 g/mol. The van der Waals surface area contributed by atoms with Crippen LogP contribution in [-0.4, -0.2) is 11.6 Å². The second-order valence-electron chi connectivity index (χ2n) is 5.00. The van der Waals surface area contributed by atoms with Gasteiger partial charge in [-0.2, -0.15) is 0 Å². The average Bonchev–Trinajstić information content (AvgIpc) is 2.41. The summed E-state index contributed by atoms with van der Waals surface area (Å²) in [6, 6.07) is 12.9. The third-order valence-corrected chi connectivity index (χ3v) is 3.33. The molecule has 0 saturated heterocycles. The van der Waals surface area contributed by atoms with Crippen LogP contribution in [0.4, 0.5) is 4.39 Å². The van der Waals surface area contributed by atoms with Crippen molar-refractivity contribution in [1.29, 1.82) is 0 Å². The third kappa shape index (κ3) is 2.76. The van der Waals surface area contributed by atoms with Gasteiger partial charge in [0.1, 0.15) is 18.3 Å². The van der Waals surface area contributed by atoms with Gasteiger partial charge < -0.3 is 4.74 Å². The molecular weight excluding hydrogens is 241 g/mol. The molecule has 0 aromatic heterocycles. The Kier molecular flexibility index (Phi) is 3.22. The van der Waals surface area contributed by atoms with E-state index in [1.165, 1.54) is 23.3 Å². The first-order chi connectivity index (χ1) is 9.20. The van der Waals surface area contributed by atoms with Crippen molar-refractivity contribution >= 4 is 0 Å². The molecule has 0 radical (unpaired) electrons. The highest BCUT2D eigenvalue weighted by molar-refractivity contribution is 5.37. The molecular formula is C16H16FNO. The standard InChI is InChI=1S/C16H16FNO/c1-12-2-7-16-14(8-12)10-18(11-19-16)9-13-3-5-15(17)6-4-13/h2-8H,9-11H2,1H3. The molecule has 3 heteroatoms. The molecule has 0 spiro atoms. The predicted molar refractivity (Wildman–Crippen MR) is 72.3 cm³/mol. The van der Waals surface area contributed by atoms with E-state index in [4.69, 9.17) is 4.74 Å². The zero-order valence-corrected chi connectivity index (χ0v) is 10.9. The lowest BCUT2D eigenvalue weighted by atomic mass is 10.1. The van der Waals surface area contributed by atoms with Gasteiger partial charge in [-0.25, -0.2) is 4.39 Å². The van der Waals surface area contributed by atoms with Gasteiger partial charge in [0.25, 0.3) is 0 Å². The van der Waals surface area contributed by atoms with Crippen LogP contribution in [0, 0.1) is 12.7 Å². The Morgan fingerprint density at radius 2 is 1.95 bits per heavy atom. The number of halogens is 1. The van der Waals surface area contributed by atoms with Crippen LogP contribution in [0.5, 0.6) is 5.75 Å². The van der Waals surface area contributed by atoms with Gasteiger partial charge in [0.05, 0.1) is 0 Å². The molecule has 2 nitrogen and oxygen atoms in total. The lowest BCUT2D eigenvalue weighted by Crippen LogP contribution is -2.31. The Morgan fingerprint density at radius 1 is 1.16 bits per heavy atom. The van der Waals surface area contributed by atoms with Crippen LogP contribution in [0.2, 0.25) is 0 Å². The summed E-state index contributed by atoms with van der Waals surface area (Å²) in [4.78, 5) is 2.20. The molecule has 3 rings (SSSR count). The Balaban J connectivity index is 1.73. The van der Waals surface area contributed by atoms with E-state index in [-0.39, 0.29) is 5.82 Å². The van der Waals surface area contributed by atoms with Crippen LogP contribution in [-0.2, 0) is 13.1 Å². The highest BCUT2D eigenvalue weighted by Gasteiger charge is 2.17. The molecule has 0 N–H and O–H groups in total. The predicted octanol–water partition coefficient (Wildman–Crippen LogP) is 3.49. The van der Waals surface area contributed by atoms with Crippen LogP contribution in [0.3, 0.4) is 0 Å². The molecule has 0 atom stereocenters. The van der Waals surface area contributed by atoms with Crippen molar-refractivity contribution in [3.63, 3.8) is 0 Å². The molecule has 1 aliphatic rings. The maximum Gasteiger partial charge on any atom is 0.142 e. The zero-order chi connectivity index (χ0) is 13.2. The Hall–Kier alpha value is -1.87. The first kappa shape index (κ1) is 12.2. The number of aryl methyl sites for hydroxylation is 1. The van der Waals surface area contributed by atoms with Crippen LogP contribution in [0.15, 0.2) is 42.5 Å². The van der Waals surface area contributed by atoms with E-state index in [0.29, 0.717) is 6.73 Å². The first-order valence-corrected chi connectivity index (χ1v) is 6.40. The Labute approximate surface area is 112 Å². The molecule has 0 aliphatic carbocycles. The third-order valence-electron chi connectivity index (χ3n) is 3.33. The van der Waals surface area contributed by atoms with Crippen molar-refractivity contribution < 1.29 is 9.13 Å². The monoisotopic (exact) mass is 257 g/mol. The molecule has 2 aromatic carbocycles. The van der Waals surface area contributed by atoms with Gasteiger partial charge in [-0.05, 0) is 30.7 Å². The fourth-order valence-electron chi connectivity index (χ4n) is 2.37. The molecule has 1 aliphatic heterocycles. The maximum atomic E-state index is 12.9. The number of hydrogen-bond donors (Lipinski definition) is 0. The summed E-state index contributed by atoms with van der Waals surface area (Å²) in [7, 11) is 0. The van der Waals surface area contributed by atoms with Crippen molar-refractivity contribution in [1.82, 2.24) is 4.90 Å². The summed E-state index contributed by atoms with van der Waals surface area (Å²) >= 11 is 0. The van der Waals surface area contributed by atoms with Crippen molar-refractivity contribution in [2.24, 2.45) is 0 Å². The number of ether oxygens (including phenoxy) is 1. The van der Waals surface area contributed by atoms with E-state index < -0.39 is 0 Å². The van der Waals surface area contributed by atoms with E-state index in [2.05, 4.69) is 24.0 Å². The normalized spacial score (nSPS) is 14.8. The van der Waals surface area contributed by atoms with Crippen molar-refractivity contribution in [2.45, 2.75) is 20.0 Å². The smallest absolute Gasteiger partial charge is 0.142 e. The lowest BCUT2D eigenvalue weighted by molar-refractivity contribution is 0.0886. The van der Waals surface area contributed by atoms with Gasteiger partial charge in [-0.15, -0.1) is 0 Å². The van der Waals surface area contributed by atoms with E-state index in [9.17, 15) is 4.39 Å². The summed E-state index contributed by atoms with van der Waals surface area (Å²) in [6.45, 7) is 4.30. The summed E-state index contributed by atoms with van der Waals surface area (Å²) in [5, 5.41) is 0. The molecule has 98 valence electrons. The molecule has 1 heterocycles. The van der Waals surface area contributed by atoms with Gasteiger partial charge in [0.2, 0.25) is 0 Å². The minimum Gasteiger partial charge on any atom is -0.478 e. The molecule has 0 fully saturated rings. The van der Waals surface area contributed by atoms with Gasteiger partial charge in [0.15, 0.2) is 0 Å². The number of hydrogen-bond acceptors (Lipinski definition) is 2. The summed E-state index contributed by atoms with van der Waals surface area (Å²) in [5.74, 6) is 0.778. The number of rotatable bonds is 2.